The van der Waals surface area contributed by atoms with Crippen molar-refractivity contribution in [1.82, 2.24) is 0 Å². The lowest BCUT2D eigenvalue weighted by atomic mass is 10.1. The highest BCUT2D eigenvalue weighted by Gasteiger charge is 2.05. The van der Waals surface area contributed by atoms with Crippen molar-refractivity contribution in [2.45, 2.75) is 0 Å². The number of nitrogen functional groups attached to an aromatic ring is 2. The van der Waals surface area contributed by atoms with Gasteiger partial charge in [0.25, 0.3) is 0 Å². The van der Waals surface area contributed by atoms with E-state index in [1.807, 2.05) is 12.1 Å². The van der Waals surface area contributed by atoms with Crippen molar-refractivity contribution in [2.75, 3.05) is 5.73 Å². The van der Waals surface area contributed by atoms with Crippen molar-refractivity contribution in [3.8, 4) is 11.3 Å². The maximum atomic E-state index is 7.21. The summed E-state index contributed by atoms with van der Waals surface area (Å²) in [5.74, 6) is 0.985. The number of hydrogen-bond donors (Lipinski definition) is 3. The van der Waals surface area contributed by atoms with Crippen LogP contribution in [0.4, 0.5) is 5.69 Å². The first-order valence-electron chi connectivity index (χ1n) is 4.47. The first-order chi connectivity index (χ1) is 7.16. The molecular weight excluding hydrogens is 190 g/mol. The number of nitrogens with two attached hydrogens (primary N) is 2. The quantitative estimate of drug-likeness (QED) is 0.393. The average Bonchev–Trinajstić information content (AvgIpc) is 2.68. The predicted molar refractivity (Wildman–Crippen MR) is 59.6 cm³/mol. The van der Waals surface area contributed by atoms with E-state index in [-0.39, 0.29) is 5.84 Å². The van der Waals surface area contributed by atoms with E-state index in [1.165, 1.54) is 0 Å². The molecule has 0 aliphatic rings. The third-order valence-corrected chi connectivity index (χ3v) is 2.07. The Balaban J connectivity index is 2.37. The molecule has 2 rings (SSSR count). The van der Waals surface area contributed by atoms with Crippen LogP contribution in [0.25, 0.3) is 11.3 Å². The van der Waals surface area contributed by atoms with Crippen LogP contribution < -0.4 is 11.5 Å². The number of rotatable bonds is 2. The van der Waals surface area contributed by atoms with Gasteiger partial charge in [-0.25, -0.2) is 0 Å². The summed E-state index contributed by atoms with van der Waals surface area (Å²) >= 11 is 0. The van der Waals surface area contributed by atoms with E-state index in [2.05, 4.69) is 0 Å². The van der Waals surface area contributed by atoms with Gasteiger partial charge in [-0.1, -0.05) is 0 Å². The van der Waals surface area contributed by atoms with Gasteiger partial charge in [0.05, 0.1) is 0 Å². The lowest BCUT2D eigenvalue weighted by Gasteiger charge is -1.97. The van der Waals surface area contributed by atoms with Gasteiger partial charge in [-0.05, 0) is 36.4 Å². The first kappa shape index (κ1) is 9.33. The molecule has 0 aliphatic carbocycles. The molecule has 0 aliphatic heterocycles. The predicted octanol–water partition coefficient (Wildman–Crippen LogP) is 1.81. The molecule has 0 fully saturated rings. The number of amidine groups is 1. The molecule has 0 bridgehead atoms. The first-order valence-corrected chi connectivity index (χ1v) is 4.47. The van der Waals surface area contributed by atoms with Crippen LogP contribution in [0.5, 0.6) is 0 Å². The van der Waals surface area contributed by atoms with Crippen molar-refractivity contribution in [3.63, 3.8) is 0 Å². The molecule has 0 unspecified atom stereocenters. The maximum Gasteiger partial charge on any atom is 0.168 e. The van der Waals surface area contributed by atoms with Gasteiger partial charge in [0.1, 0.15) is 5.76 Å². The Labute approximate surface area is 87.0 Å². The fourth-order valence-corrected chi connectivity index (χ4v) is 1.29. The second kappa shape index (κ2) is 3.49. The van der Waals surface area contributed by atoms with E-state index in [0.717, 1.165) is 5.56 Å². The molecule has 0 radical (unpaired) electrons. The normalized spacial score (nSPS) is 10.1. The molecule has 0 atom stereocenters. The second-order valence-corrected chi connectivity index (χ2v) is 3.20. The second-order valence-electron chi connectivity index (χ2n) is 3.20. The summed E-state index contributed by atoms with van der Waals surface area (Å²) in [7, 11) is 0. The number of hydrogen-bond acceptors (Lipinski definition) is 3. The summed E-state index contributed by atoms with van der Waals surface area (Å²) in [6.07, 6.45) is 0. The van der Waals surface area contributed by atoms with E-state index >= 15 is 0 Å². The van der Waals surface area contributed by atoms with E-state index in [4.69, 9.17) is 21.3 Å². The van der Waals surface area contributed by atoms with Gasteiger partial charge in [-0.2, -0.15) is 0 Å². The molecular formula is C11H11N3O. The maximum absolute atomic E-state index is 7.21. The highest BCUT2D eigenvalue weighted by Crippen LogP contribution is 2.22. The lowest BCUT2D eigenvalue weighted by Crippen LogP contribution is -2.09. The van der Waals surface area contributed by atoms with Gasteiger partial charge in [-0.15, -0.1) is 0 Å². The van der Waals surface area contributed by atoms with Gasteiger partial charge in [0.2, 0.25) is 0 Å². The SMILES string of the molecule is N=C(N)c1ccc(-c2ccc(N)cc2)o1. The summed E-state index contributed by atoms with van der Waals surface area (Å²) in [6, 6.07) is 10.8. The van der Waals surface area contributed by atoms with Crippen LogP contribution in [0, 0.1) is 5.41 Å². The van der Waals surface area contributed by atoms with Crippen molar-refractivity contribution >= 4 is 11.5 Å². The van der Waals surface area contributed by atoms with Crippen LogP contribution in [0.3, 0.4) is 0 Å². The molecule has 0 spiro atoms. The highest BCUT2D eigenvalue weighted by molar-refractivity contribution is 5.92. The number of benzene rings is 1. The Hall–Kier alpha value is -2.23. The molecule has 0 saturated carbocycles. The van der Waals surface area contributed by atoms with E-state index in [1.54, 1.807) is 24.3 Å². The topological polar surface area (TPSA) is 89.0 Å². The van der Waals surface area contributed by atoms with Gasteiger partial charge in [-0.3, -0.25) is 5.41 Å². The summed E-state index contributed by atoms with van der Waals surface area (Å²) in [5, 5.41) is 7.21. The molecule has 2 aromatic rings. The highest BCUT2D eigenvalue weighted by atomic mass is 16.3. The minimum atomic E-state index is -0.0725. The van der Waals surface area contributed by atoms with Crippen LogP contribution in [-0.2, 0) is 0 Å². The van der Waals surface area contributed by atoms with Gasteiger partial charge in [0.15, 0.2) is 11.6 Å². The monoisotopic (exact) mass is 201 g/mol. The number of furan rings is 1. The largest absolute Gasteiger partial charge is 0.453 e. The summed E-state index contributed by atoms with van der Waals surface area (Å²) < 4.78 is 5.38. The zero-order chi connectivity index (χ0) is 10.8. The van der Waals surface area contributed by atoms with Crippen LogP contribution in [0.1, 0.15) is 5.76 Å². The standard InChI is InChI=1S/C11H11N3O/c12-8-3-1-7(2-4-8)9-5-6-10(15-9)11(13)14/h1-6H,12H2,(H3,13,14). The molecule has 76 valence electrons. The third kappa shape index (κ3) is 1.83. The van der Waals surface area contributed by atoms with Crippen molar-refractivity contribution < 1.29 is 4.42 Å². The third-order valence-electron chi connectivity index (χ3n) is 2.07. The van der Waals surface area contributed by atoms with Crippen LogP contribution in [0.15, 0.2) is 40.8 Å². The van der Waals surface area contributed by atoms with Crippen molar-refractivity contribution in [3.05, 3.63) is 42.2 Å². The molecule has 1 heterocycles. The number of anilines is 1. The van der Waals surface area contributed by atoms with Gasteiger partial charge >= 0.3 is 0 Å². The van der Waals surface area contributed by atoms with Crippen LogP contribution in [-0.4, -0.2) is 5.84 Å². The summed E-state index contributed by atoms with van der Waals surface area (Å²) in [4.78, 5) is 0. The Morgan fingerprint density at radius 2 is 1.73 bits per heavy atom. The smallest absolute Gasteiger partial charge is 0.168 e. The van der Waals surface area contributed by atoms with Crippen molar-refractivity contribution in [1.29, 1.82) is 5.41 Å². The minimum Gasteiger partial charge on any atom is -0.453 e. The van der Waals surface area contributed by atoms with E-state index in [9.17, 15) is 0 Å². The molecule has 5 N–H and O–H groups in total. The Morgan fingerprint density at radius 3 is 2.27 bits per heavy atom. The fraction of sp³-hybridized carbons (Fsp3) is 0. The zero-order valence-corrected chi connectivity index (χ0v) is 8.03. The van der Waals surface area contributed by atoms with Gasteiger partial charge < -0.3 is 15.9 Å². The summed E-state index contributed by atoms with van der Waals surface area (Å²) in [6.45, 7) is 0. The van der Waals surface area contributed by atoms with Crippen LogP contribution in [0.2, 0.25) is 0 Å². The molecule has 0 amide bonds. The lowest BCUT2D eigenvalue weighted by molar-refractivity contribution is 0.571. The molecule has 1 aromatic heterocycles. The molecule has 15 heavy (non-hydrogen) atoms. The Morgan fingerprint density at radius 1 is 1.07 bits per heavy atom. The van der Waals surface area contributed by atoms with E-state index < -0.39 is 0 Å². The van der Waals surface area contributed by atoms with Crippen LogP contribution >= 0.6 is 0 Å². The molecule has 4 nitrogen and oxygen atoms in total. The number of nitrogens with one attached hydrogen (secondary N) is 1. The minimum absolute atomic E-state index is 0.0725. The molecule has 4 heteroatoms. The molecule has 0 saturated heterocycles. The zero-order valence-electron chi connectivity index (χ0n) is 8.03. The summed E-state index contributed by atoms with van der Waals surface area (Å²) in [5.41, 5.74) is 12.5. The van der Waals surface area contributed by atoms with Crippen molar-refractivity contribution in [2.24, 2.45) is 5.73 Å². The van der Waals surface area contributed by atoms with Gasteiger partial charge in [0, 0.05) is 11.3 Å². The average molecular weight is 201 g/mol. The van der Waals surface area contributed by atoms with E-state index in [0.29, 0.717) is 17.2 Å². The fourth-order valence-electron chi connectivity index (χ4n) is 1.29. The Kier molecular flexibility index (Phi) is 2.17. The molecule has 1 aromatic carbocycles. The Bertz CT molecular complexity index is 485.